The first-order chi connectivity index (χ1) is 14.6. The molecule has 9 nitrogen and oxygen atoms in total. The summed E-state index contributed by atoms with van der Waals surface area (Å²) in [5.74, 6) is 2.27. The number of nitrogens with one attached hydrogen (secondary N) is 1. The van der Waals surface area contributed by atoms with Crippen molar-refractivity contribution in [2.24, 2.45) is 5.92 Å². The Labute approximate surface area is 186 Å². The van der Waals surface area contributed by atoms with Crippen molar-refractivity contribution in [3.8, 4) is 5.88 Å². The molecular weight excluding hydrogens is 402 g/mol. The summed E-state index contributed by atoms with van der Waals surface area (Å²) in [5.41, 5.74) is 0.0417. The van der Waals surface area contributed by atoms with Crippen molar-refractivity contribution < 1.29 is 28.3 Å². The Balaban J connectivity index is 0.000000753. The summed E-state index contributed by atoms with van der Waals surface area (Å²) in [6.45, 7) is 16.2. The number of amides is 1. The second-order valence-electron chi connectivity index (χ2n) is 8.67. The SMILES string of the molecule is CC(C)C(C)c1cc(OCCN2CCC(NC=O)C2)no1.COC(C)(C)C.COC=O. The summed E-state index contributed by atoms with van der Waals surface area (Å²) in [7, 11) is 3.02. The summed E-state index contributed by atoms with van der Waals surface area (Å²) in [6.07, 6.45) is 1.77. The zero-order valence-corrected chi connectivity index (χ0v) is 20.3. The standard InChI is InChI=1S/C15H25N3O3.C5H12O.C2H4O2/c1-11(2)12(3)14-8-15(17-21-14)20-7-6-18-5-4-13(9-18)16-10-19;1-5(2,3)6-4;1-4-2-3/h8,10-13H,4-7,9H2,1-3H3,(H,16,19);1-4H3;2H,1H3. The molecule has 180 valence electrons. The number of rotatable bonds is 9. The van der Waals surface area contributed by atoms with Gasteiger partial charge in [-0.15, -0.1) is 0 Å². The molecule has 1 saturated heterocycles. The predicted molar refractivity (Wildman–Crippen MR) is 119 cm³/mol. The Bertz CT molecular complexity index is 600. The molecule has 2 rings (SSSR count). The molecule has 1 aliphatic heterocycles. The fourth-order valence-electron chi connectivity index (χ4n) is 2.43. The molecule has 0 aliphatic carbocycles. The molecular formula is C22H41N3O6. The maximum atomic E-state index is 10.4. The lowest BCUT2D eigenvalue weighted by atomic mass is 9.96. The van der Waals surface area contributed by atoms with Gasteiger partial charge >= 0.3 is 0 Å². The van der Waals surface area contributed by atoms with Crippen molar-refractivity contribution in [2.45, 2.75) is 65.5 Å². The largest absolute Gasteiger partial charge is 0.474 e. The van der Waals surface area contributed by atoms with Gasteiger partial charge in [-0.3, -0.25) is 14.5 Å². The summed E-state index contributed by atoms with van der Waals surface area (Å²) in [5, 5.41) is 6.77. The average molecular weight is 444 g/mol. The van der Waals surface area contributed by atoms with Gasteiger partial charge in [0.1, 0.15) is 12.4 Å². The number of methoxy groups -OCH3 is 2. The monoisotopic (exact) mass is 443 g/mol. The molecule has 0 saturated carbocycles. The minimum Gasteiger partial charge on any atom is -0.474 e. The van der Waals surface area contributed by atoms with Gasteiger partial charge in [0.05, 0.1) is 12.7 Å². The number of ether oxygens (including phenoxy) is 3. The van der Waals surface area contributed by atoms with E-state index in [1.54, 1.807) is 7.11 Å². The Hall–Kier alpha value is -2.13. The number of hydrogen-bond donors (Lipinski definition) is 1. The van der Waals surface area contributed by atoms with Gasteiger partial charge in [-0.2, -0.15) is 0 Å². The van der Waals surface area contributed by atoms with Crippen LogP contribution in [-0.2, 0) is 19.1 Å². The first-order valence-electron chi connectivity index (χ1n) is 10.6. The maximum Gasteiger partial charge on any atom is 0.292 e. The maximum absolute atomic E-state index is 10.4. The number of carbonyl (C=O) groups excluding carboxylic acids is 2. The highest BCUT2D eigenvalue weighted by Gasteiger charge is 2.21. The zero-order valence-electron chi connectivity index (χ0n) is 20.3. The van der Waals surface area contributed by atoms with Crippen LogP contribution in [0.5, 0.6) is 5.88 Å². The molecule has 0 spiro atoms. The van der Waals surface area contributed by atoms with Crippen LogP contribution in [0, 0.1) is 5.92 Å². The van der Waals surface area contributed by atoms with Crippen LogP contribution in [-0.4, -0.2) is 75.0 Å². The zero-order chi connectivity index (χ0) is 23.9. The summed E-state index contributed by atoms with van der Waals surface area (Å²) in [4.78, 5) is 21.6. The van der Waals surface area contributed by atoms with Gasteiger partial charge in [0.25, 0.3) is 12.4 Å². The average Bonchev–Trinajstić information content (AvgIpc) is 3.37. The van der Waals surface area contributed by atoms with Gasteiger partial charge in [-0.1, -0.05) is 20.8 Å². The van der Waals surface area contributed by atoms with Crippen molar-refractivity contribution in [3.05, 3.63) is 11.8 Å². The molecule has 1 aromatic rings. The second kappa shape index (κ2) is 15.6. The van der Waals surface area contributed by atoms with Crippen molar-refractivity contribution in [2.75, 3.05) is 40.5 Å². The molecule has 1 aromatic heterocycles. The lowest BCUT2D eigenvalue weighted by Crippen LogP contribution is -2.33. The number of hydrogen-bond acceptors (Lipinski definition) is 8. The van der Waals surface area contributed by atoms with E-state index in [0.29, 0.717) is 30.8 Å². The molecule has 0 aromatic carbocycles. The van der Waals surface area contributed by atoms with Crippen LogP contribution in [0.3, 0.4) is 0 Å². The molecule has 2 unspecified atom stereocenters. The van der Waals surface area contributed by atoms with E-state index in [4.69, 9.17) is 18.8 Å². The molecule has 1 aliphatic rings. The number of aromatic nitrogens is 1. The Morgan fingerprint density at radius 3 is 2.39 bits per heavy atom. The van der Waals surface area contributed by atoms with Gasteiger partial charge in [-0.25, -0.2) is 0 Å². The number of likely N-dealkylation sites (tertiary alicyclic amines) is 1. The smallest absolute Gasteiger partial charge is 0.292 e. The Kier molecular flexibility index (Phi) is 14.6. The summed E-state index contributed by atoms with van der Waals surface area (Å²) >= 11 is 0. The van der Waals surface area contributed by atoms with E-state index in [1.165, 1.54) is 7.11 Å². The topological polar surface area (TPSA) is 103 Å². The van der Waals surface area contributed by atoms with Crippen LogP contribution in [0.15, 0.2) is 10.6 Å². The van der Waals surface area contributed by atoms with E-state index in [-0.39, 0.29) is 11.6 Å². The van der Waals surface area contributed by atoms with Gasteiger partial charge < -0.3 is 24.1 Å². The lowest BCUT2D eigenvalue weighted by Gasteiger charge is -2.15. The number of carbonyl (C=O) groups is 2. The Morgan fingerprint density at radius 2 is 1.90 bits per heavy atom. The van der Waals surface area contributed by atoms with Crippen LogP contribution in [0.4, 0.5) is 0 Å². The van der Waals surface area contributed by atoms with Crippen molar-refractivity contribution in [1.29, 1.82) is 0 Å². The third-order valence-electron chi connectivity index (χ3n) is 4.90. The van der Waals surface area contributed by atoms with Crippen molar-refractivity contribution in [3.63, 3.8) is 0 Å². The fourth-order valence-corrected chi connectivity index (χ4v) is 2.43. The van der Waals surface area contributed by atoms with Crippen LogP contribution in [0.25, 0.3) is 0 Å². The molecule has 2 heterocycles. The summed E-state index contributed by atoms with van der Waals surface area (Å²) in [6, 6.07) is 2.15. The van der Waals surface area contributed by atoms with E-state index < -0.39 is 0 Å². The quantitative estimate of drug-likeness (QED) is 0.581. The predicted octanol–water partition coefficient (Wildman–Crippen LogP) is 2.85. The van der Waals surface area contributed by atoms with Crippen LogP contribution >= 0.6 is 0 Å². The molecule has 0 bridgehead atoms. The number of nitrogens with zero attached hydrogens (tertiary/aromatic N) is 2. The van der Waals surface area contributed by atoms with Crippen LogP contribution in [0.2, 0.25) is 0 Å². The van der Waals surface area contributed by atoms with E-state index in [2.05, 4.69) is 40.9 Å². The Morgan fingerprint density at radius 1 is 1.29 bits per heavy atom. The second-order valence-corrected chi connectivity index (χ2v) is 8.67. The first-order valence-corrected chi connectivity index (χ1v) is 10.6. The van der Waals surface area contributed by atoms with E-state index >= 15 is 0 Å². The molecule has 9 heteroatoms. The van der Waals surface area contributed by atoms with Gasteiger partial charge in [0, 0.05) is 44.8 Å². The summed E-state index contributed by atoms with van der Waals surface area (Å²) < 4.78 is 19.8. The minimum atomic E-state index is 0.0417. The fraction of sp³-hybridized carbons (Fsp3) is 0.773. The van der Waals surface area contributed by atoms with Gasteiger partial charge in [0.2, 0.25) is 6.41 Å². The highest BCUT2D eigenvalue weighted by Crippen LogP contribution is 2.26. The first kappa shape index (κ1) is 28.9. The normalized spacial score (nSPS) is 17.0. The molecule has 2 atom stereocenters. The van der Waals surface area contributed by atoms with E-state index in [9.17, 15) is 4.79 Å². The van der Waals surface area contributed by atoms with Crippen LogP contribution < -0.4 is 10.1 Å². The molecule has 31 heavy (non-hydrogen) atoms. The van der Waals surface area contributed by atoms with Crippen molar-refractivity contribution in [1.82, 2.24) is 15.4 Å². The molecule has 0 radical (unpaired) electrons. The third kappa shape index (κ3) is 13.7. The highest BCUT2D eigenvalue weighted by molar-refractivity contribution is 5.46. The lowest BCUT2D eigenvalue weighted by molar-refractivity contribution is -0.126. The van der Waals surface area contributed by atoms with Crippen molar-refractivity contribution >= 4 is 12.9 Å². The van der Waals surface area contributed by atoms with E-state index in [0.717, 1.165) is 38.2 Å². The van der Waals surface area contributed by atoms with Gasteiger partial charge in [-0.05, 0) is 38.3 Å². The molecule has 1 fully saturated rings. The van der Waals surface area contributed by atoms with Crippen LogP contribution in [0.1, 0.15) is 59.6 Å². The highest BCUT2D eigenvalue weighted by atomic mass is 16.5. The van der Waals surface area contributed by atoms with Gasteiger partial charge in [0.15, 0.2) is 0 Å². The van der Waals surface area contributed by atoms with E-state index in [1.807, 2.05) is 26.8 Å². The molecule has 1 amide bonds. The third-order valence-corrected chi connectivity index (χ3v) is 4.90. The molecule has 1 N–H and O–H groups in total. The minimum absolute atomic E-state index is 0.0417.